The molecule has 190 valence electrons. The second-order valence-corrected chi connectivity index (χ2v) is 10.4. The molecule has 0 aliphatic rings. The first-order valence-corrected chi connectivity index (χ1v) is 13.7. The van der Waals surface area contributed by atoms with Crippen LogP contribution >= 0.6 is 0 Å². The smallest absolute Gasteiger partial charge is 0.0974 e. The zero-order valence-electron chi connectivity index (χ0n) is 22.6. The van der Waals surface area contributed by atoms with Crippen LogP contribution < -0.4 is 0 Å². The number of fused-ring (bicyclic) bond motifs is 3. The maximum Gasteiger partial charge on any atom is 0.0974 e. The Bertz CT molecular complexity index is 1990. The molecular weight excluding hydrogens is 484 g/mol. The van der Waals surface area contributed by atoms with Crippen molar-refractivity contribution in [1.82, 2.24) is 9.97 Å². The highest BCUT2D eigenvalue weighted by molar-refractivity contribution is 6.05. The van der Waals surface area contributed by atoms with Gasteiger partial charge in [-0.25, -0.2) is 4.98 Å². The molecule has 2 heteroatoms. The average molecular weight is 513 g/mol. The van der Waals surface area contributed by atoms with Gasteiger partial charge in [0.25, 0.3) is 0 Å². The fourth-order valence-corrected chi connectivity index (χ4v) is 5.55. The maximum atomic E-state index is 5.09. The molecule has 0 atom stereocenters. The Morgan fingerprint density at radius 3 is 1.57 bits per heavy atom. The lowest BCUT2D eigenvalue weighted by Crippen LogP contribution is -1.92. The van der Waals surface area contributed by atoms with Gasteiger partial charge in [-0.1, -0.05) is 109 Å². The quantitative estimate of drug-likeness (QED) is 0.219. The van der Waals surface area contributed by atoms with Crippen LogP contribution in [-0.2, 0) is 0 Å². The molecular formula is C38H28N2. The van der Waals surface area contributed by atoms with Crippen LogP contribution in [0, 0.1) is 13.8 Å². The predicted molar refractivity (Wildman–Crippen MR) is 168 cm³/mol. The van der Waals surface area contributed by atoms with Crippen molar-refractivity contribution in [2.24, 2.45) is 0 Å². The van der Waals surface area contributed by atoms with Crippen LogP contribution in [0.2, 0.25) is 0 Å². The van der Waals surface area contributed by atoms with Gasteiger partial charge in [-0.2, -0.15) is 0 Å². The predicted octanol–water partition coefficient (Wildman–Crippen LogP) is 10.1. The van der Waals surface area contributed by atoms with E-state index in [1.807, 2.05) is 6.20 Å². The van der Waals surface area contributed by atoms with Gasteiger partial charge in [-0.15, -0.1) is 0 Å². The first-order chi connectivity index (χ1) is 19.6. The van der Waals surface area contributed by atoms with Crippen LogP contribution in [0.25, 0.3) is 66.4 Å². The molecule has 0 radical (unpaired) electrons. The fourth-order valence-electron chi connectivity index (χ4n) is 5.55. The summed E-state index contributed by atoms with van der Waals surface area (Å²) >= 11 is 0. The first-order valence-electron chi connectivity index (χ1n) is 13.7. The Labute approximate surface area is 234 Å². The Hall–Kier alpha value is -5.08. The van der Waals surface area contributed by atoms with E-state index >= 15 is 0 Å². The lowest BCUT2D eigenvalue weighted by atomic mass is 9.96. The third kappa shape index (κ3) is 4.34. The summed E-state index contributed by atoms with van der Waals surface area (Å²) in [6.45, 7) is 4.28. The Morgan fingerprint density at radius 1 is 0.400 bits per heavy atom. The molecule has 2 aromatic heterocycles. The molecule has 40 heavy (non-hydrogen) atoms. The van der Waals surface area contributed by atoms with Crippen molar-refractivity contribution in [1.29, 1.82) is 0 Å². The van der Waals surface area contributed by atoms with Gasteiger partial charge < -0.3 is 0 Å². The molecule has 0 saturated carbocycles. The Balaban J connectivity index is 1.19. The molecule has 0 amide bonds. The van der Waals surface area contributed by atoms with Gasteiger partial charge >= 0.3 is 0 Å². The van der Waals surface area contributed by atoms with Crippen LogP contribution in [0.4, 0.5) is 0 Å². The van der Waals surface area contributed by atoms with Gasteiger partial charge in [0.1, 0.15) is 0 Å². The number of benzene rings is 5. The summed E-state index contributed by atoms with van der Waals surface area (Å²) in [4.78, 5) is 9.78. The van der Waals surface area contributed by atoms with Crippen molar-refractivity contribution in [3.8, 4) is 44.6 Å². The van der Waals surface area contributed by atoms with Crippen molar-refractivity contribution < 1.29 is 0 Å². The van der Waals surface area contributed by atoms with Gasteiger partial charge in [-0.3, -0.25) is 4.98 Å². The first kappa shape index (κ1) is 24.0. The SMILES string of the molecule is Cc1ccnc2c1ccc1c(C)cc(-c3ccc(-c4ccc(-c5cccc(-c6ccccc6)c5)cc4)cc3)nc12. The number of hydrogen-bond donors (Lipinski definition) is 0. The molecule has 7 rings (SSSR count). The summed E-state index contributed by atoms with van der Waals surface area (Å²) in [6, 6.07) is 45.4. The number of hydrogen-bond acceptors (Lipinski definition) is 2. The molecule has 5 aromatic carbocycles. The van der Waals surface area contributed by atoms with Gasteiger partial charge in [-0.05, 0) is 76.6 Å². The third-order valence-electron chi connectivity index (χ3n) is 7.82. The molecule has 2 nitrogen and oxygen atoms in total. The van der Waals surface area contributed by atoms with E-state index in [2.05, 4.69) is 146 Å². The normalized spacial score (nSPS) is 11.2. The summed E-state index contributed by atoms with van der Waals surface area (Å²) in [5.41, 5.74) is 13.7. The van der Waals surface area contributed by atoms with Crippen molar-refractivity contribution in [2.45, 2.75) is 13.8 Å². The number of rotatable bonds is 4. The number of nitrogens with zero attached hydrogens (tertiary/aromatic N) is 2. The van der Waals surface area contributed by atoms with E-state index in [9.17, 15) is 0 Å². The molecule has 0 fully saturated rings. The van der Waals surface area contributed by atoms with Crippen LogP contribution in [0.3, 0.4) is 0 Å². The lowest BCUT2D eigenvalue weighted by molar-refractivity contribution is 1.33. The summed E-state index contributed by atoms with van der Waals surface area (Å²) in [5.74, 6) is 0. The van der Waals surface area contributed by atoms with E-state index in [0.717, 1.165) is 33.1 Å². The van der Waals surface area contributed by atoms with Gasteiger partial charge in [0.05, 0.1) is 16.7 Å². The lowest BCUT2D eigenvalue weighted by Gasteiger charge is -2.11. The van der Waals surface area contributed by atoms with E-state index in [4.69, 9.17) is 4.98 Å². The zero-order chi connectivity index (χ0) is 27.1. The molecule has 0 N–H and O–H groups in total. The monoisotopic (exact) mass is 512 g/mol. The summed E-state index contributed by atoms with van der Waals surface area (Å²) < 4.78 is 0. The minimum absolute atomic E-state index is 0.965. The standard InChI is InChI=1S/C38H28N2/c1-25-21-22-39-37-34(25)19-20-35-26(2)23-36(40-38(35)37)31-17-15-29(16-18-31)28-11-13-30(14-12-28)33-10-6-9-32(24-33)27-7-4-3-5-8-27/h3-24H,1-2H3. The maximum absolute atomic E-state index is 5.09. The second kappa shape index (κ2) is 9.91. The minimum Gasteiger partial charge on any atom is -0.254 e. The Kier molecular flexibility index (Phi) is 5.94. The topological polar surface area (TPSA) is 25.8 Å². The summed E-state index contributed by atoms with van der Waals surface area (Å²) in [5, 5.41) is 2.31. The highest BCUT2D eigenvalue weighted by Gasteiger charge is 2.11. The molecule has 0 unspecified atom stereocenters. The summed E-state index contributed by atoms with van der Waals surface area (Å²) in [7, 11) is 0. The van der Waals surface area contributed by atoms with E-state index in [1.54, 1.807) is 0 Å². The van der Waals surface area contributed by atoms with E-state index in [-0.39, 0.29) is 0 Å². The number of pyridine rings is 2. The third-order valence-corrected chi connectivity index (χ3v) is 7.82. The van der Waals surface area contributed by atoms with E-state index in [1.165, 1.54) is 44.5 Å². The van der Waals surface area contributed by atoms with Crippen LogP contribution in [0.5, 0.6) is 0 Å². The van der Waals surface area contributed by atoms with Gasteiger partial charge in [0, 0.05) is 22.5 Å². The summed E-state index contributed by atoms with van der Waals surface area (Å²) in [6.07, 6.45) is 1.88. The Morgan fingerprint density at radius 2 is 0.925 bits per heavy atom. The number of aromatic nitrogens is 2. The fraction of sp³-hybridized carbons (Fsp3) is 0.0526. The van der Waals surface area contributed by atoms with Crippen molar-refractivity contribution in [3.05, 3.63) is 145 Å². The minimum atomic E-state index is 0.965. The molecule has 0 aliphatic carbocycles. The highest BCUT2D eigenvalue weighted by atomic mass is 14.8. The molecule has 0 bridgehead atoms. The number of aryl methyl sites for hydroxylation is 2. The molecule has 2 heterocycles. The highest BCUT2D eigenvalue weighted by Crippen LogP contribution is 2.32. The van der Waals surface area contributed by atoms with E-state index < -0.39 is 0 Å². The van der Waals surface area contributed by atoms with Crippen LogP contribution in [0.15, 0.2) is 134 Å². The molecule has 0 aliphatic heterocycles. The van der Waals surface area contributed by atoms with Crippen molar-refractivity contribution in [3.63, 3.8) is 0 Å². The average Bonchev–Trinajstić information content (AvgIpc) is 3.02. The molecule has 0 spiro atoms. The largest absolute Gasteiger partial charge is 0.254 e. The van der Waals surface area contributed by atoms with Crippen molar-refractivity contribution >= 4 is 21.8 Å². The zero-order valence-corrected chi connectivity index (χ0v) is 22.6. The van der Waals surface area contributed by atoms with Crippen molar-refractivity contribution in [2.75, 3.05) is 0 Å². The van der Waals surface area contributed by atoms with Gasteiger partial charge in [0.2, 0.25) is 0 Å². The van der Waals surface area contributed by atoms with Crippen LogP contribution in [0.1, 0.15) is 11.1 Å². The van der Waals surface area contributed by atoms with E-state index in [0.29, 0.717) is 0 Å². The van der Waals surface area contributed by atoms with Crippen LogP contribution in [-0.4, -0.2) is 9.97 Å². The molecule has 0 saturated heterocycles. The van der Waals surface area contributed by atoms with Gasteiger partial charge in [0.15, 0.2) is 0 Å². The second-order valence-electron chi connectivity index (χ2n) is 10.4. The molecule has 7 aromatic rings.